The van der Waals surface area contributed by atoms with Crippen molar-refractivity contribution in [2.75, 3.05) is 0 Å². The van der Waals surface area contributed by atoms with Crippen LogP contribution in [-0.4, -0.2) is 36.8 Å². The molecule has 2 rings (SSSR count). The predicted octanol–water partition coefficient (Wildman–Crippen LogP) is 4.57. The number of rotatable bonds is 3. The van der Waals surface area contributed by atoms with E-state index in [9.17, 15) is 0 Å². The van der Waals surface area contributed by atoms with Crippen molar-refractivity contribution in [2.24, 2.45) is 0 Å². The van der Waals surface area contributed by atoms with Gasteiger partial charge in [0.15, 0.2) is 0 Å². The van der Waals surface area contributed by atoms with Crippen molar-refractivity contribution in [3.63, 3.8) is 0 Å². The topological polar surface area (TPSA) is 0 Å². The van der Waals surface area contributed by atoms with E-state index in [1.807, 2.05) is 22.7 Å². The molecule has 0 bridgehead atoms. The zero-order valence-corrected chi connectivity index (χ0v) is 19.5. The molecule has 4 heteroatoms. The molecule has 0 radical (unpaired) electrons. The van der Waals surface area contributed by atoms with Gasteiger partial charge < -0.3 is 0 Å². The second-order valence-electron chi connectivity index (χ2n) is 6.86. The Kier molecular flexibility index (Phi) is 4.63. The fourth-order valence-electron chi connectivity index (χ4n) is 1.73. The van der Waals surface area contributed by atoms with Crippen LogP contribution in [0.3, 0.4) is 0 Å². The molecule has 0 aliphatic heterocycles. The van der Waals surface area contributed by atoms with E-state index in [1.165, 1.54) is 9.75 Å². The summed E-state index contributed by atoms with van der Waals surface area (Å²) in [6.45, 7) is 0. The minimum atomic E-state index is -1.87. The molecule has 0 saturated heterocycles. The molecule has 0 aliphatic carbocycles. The Morgan fingerprint density at radius 3 is 1.94 bits per heavy atom. The van der Waals surface area contributed by atoms with Crippen molar-refractivity contribution in [1.82, 2.24) is 0 Å². The molecule has 0 aromatic carbocycles. The molecule has 98 valence electrons. The molecular formula is C14H22S2Sn2. The molecule has 2 heterocycles. The first-order valence-electron chi connectivity index (χ1n) is 6.37. The van der Waals surface area contributed by atoms with E-state index in [2.05, 4.69) is 53.2 Å². The first-order chi connectivity index (χ1) is 8.18. The van der Waals surface area contributed by atoms with Gasteiger partial charge in [-0.15, -0.1) is 0 Å². The van der Waals surface area contributed by atoms with Crippen LogP contribution in [-0.2, 0) is 0 Å². The van der Waals surface area contributed by atoms with Crippen LogP contribution in [0, 0.1) is 0 Å². The Balaban J connectivity index is 2.33. The monoisotopic (exact) mass is 494 g/mol. The molecule has 0 fully saturated rings. The molecule has 0 spiro atoms. The summed E-state index contributed by atoms with van der Waals surface area (Å²) in [7, 11) is 0. The third-order valence-electron chi connectivity index (χ3n) is 3.05. The quantitative estimate of drug-likeness (QED) is 0.552. The summed E-state index contributed by atoms with van der Waals surface area (Å²) in [6, 6.07) is 7.19. The van der Waals surface area contributed by atoms with Crippen LogP contribution in [0.2, 0.25) is 29.6 Å². The van der Waals surface area contributed by atoms with Crippen molar-refractivity contribution in [3.8, 4) is 9.75 Å². The second kappa shape index (κ2) is 5.41. The van der Waals surface area contributed by atoms with Gasteiger partial charge in [-0.3, -0.25) is 0 Å². The first-order valence-corrected chi connectivity index (χ1v) is 28.0. The zero-order valence-electron chi connectivity index (χ0n) is 12.1. The van der Waals surface area contributed by atoms with Gasteiger partial charge in [0.05, 0.1) is 0 Å². The normalized spacial score (nSPS) is 13.0. The molecule has 0 saturated carbocycles. The number of thiophene rings is 2. The Labute approximate surface area is 127 Å². The van der Waals surface area contributed by atoms with Crippen LogP contribution in [0.15, 0.2) is 23.6 Å². The summed E-state index contributed by atoms with van der Waals surface area (Å²) in [5.41, 5.74) is 0. The first kappa shape index (κ1) is 15.4. The molecule has 0 atom stereocenters. The van der Waals surface area contributed by atoms with Crippen molar-refractivity contribution in [2.45, 2.75) is 29.6 Å². The Bertz CT molecular complexity index is 488. The fraction of sp³-hybridized carbons (Fsp3) is 0.429. The van der Waals surface area contributed by atoms with Gasteiger partial charge in [0, 0.05) is 0 Å². The van der Waals surface area contributed by atoms with Crippen LogP contribution in [0.1, 0.15) is 0 Å². The zero-order chi connectivity index (χ0) is 13.6. The summed E-state index contributed by atoms with van der Waals surface area (Å²) in [5, 5.41) is 2.41. The summed E-state index contributed by atoms with van der Waals surface area (Å²) in [6.07, 6.45) is 0. The third-order valence-corrected chi connectivity index (χ3v) is 21.1. The van der Waals surface area contributed by atoms with Crippen LogP contribution < -0.4 is 6.47 Å². The fourth-order valence-corrected chi connectivity index (χ4v) is 14.7. The maximum atomic E-state index is 2.50. The van der Waals surface area contributed by atoms with Gasteiger partial charge in [-0.1, -0.05) is 0 Å². The van der Waals surface area contributed by atoms with Crippen LogP contribution in [0.4, 0.5) is 0 Å². The van der Waals surface area contributed by atoms with Crippen LogP contribution in [0.5, 0.6) is 0 Å². The second-order valence-corrected chi connectivity index (χ2v) is 38.8. The molecule has 0 amide bonds. The average Bonchev–Trinajstić information content (AvgIpc) is 2.84. The van der Waals surface area contributed by atoms with E-state index < -0.39 is 36.8 Å². The minimum absolute atomic E-state index is 1.49. The van der Waals surface area contributed by atoms with Crippen LogP contribution in [0.25, 0.3) is 9.75 Å². The Morgan fingerprint density at radius 1 is 0.833 bits per heavy atom. The summed E-state index contributed by atoms with van der Waals surface area (Å²) >= 11 is 0.255. The third kappa shape index (κ3) is 3.55. The van der Waals surface area contributed by atoms with Crippen molar-refractivity contribution >= 4 is 65.9 Å². The summed E-state index contributed by atoms with van der Waals surface area (Å²) in [4.78, 5) is 17.9. The van der Waals surface area contributed by atoms with E-state index in [1.54, 1.807) is 6.47 Å². The van der Waals surface area contributed by atoms with Crippen molar-refractivity contribution in [1.29, 1.82) is 0 Å². The van der Waals surface area contributed by atoms with E-state index in [-0.39, 0.29) is 0 Å². The molecule has 0 N–H and O–H groups in total. The molecule has 2 aromatic rings. The summed E-state index contributed by atoms with van der Waals surface area (Å²) < 4.78 is 3.35. The Hall–Kier alpha value is 0.997. The van der Waals surface area contributed by atoms with E-state index in [4.69, 9.17) is 0 Å². The van der Waals surface area contributed by atoms with Crippen molar-refractivity contribution < 1.29 is 0 Å². The van der Waals surface area contributed by atoms with Gasteiger partial charge >= 0.3 is 129 Å². The molecule has 0 aliphatic rings. The van der Waals surface area contributed by atoms with Gasteiger partial charge in [0.25, 0.3) is 0 Å². The average molecular weight is 492 g/mol. The Morgan fingerprint density at radius 2 is 1.50 bits per heavy atom. The molecule has 2 aromatic heterocycles. The number of hydrogen-bond acceptors (Lipinski definition) is 2. The summed E-state index contributed by atoms with van der Waals surface area (Å²) in [5.74, 6) is 0. The SMILES string of the molecule is [CH3][Sn]([CH3])([CH3])[c]1csc(-c2cc[c]([Sn]([CH3])([CH3])[CH3])s2)c1. The van der Waals surface area contributed by atoms with Gasteiger partial charge in [0.2, 0.25) is 0 Å². The predicted molar refractivity (Wildman–Crippen MR) is 93.6 cm³/mol. The van der Waals surface area contributed by atoms with Gasteiger partial charge in [-0.25, -0.2) is 0 Å². The number of hydrogen-bond donors (Lipinski definition) is 0. The van der Waals surface area contributed by atoms with E-state index in [0.717, 1.165) is 0 Å². The standard InChI is InChI=1S/C8H4S2.6CH3.2Sn/c1-3-7(9-5-1)8-4-2-6-10-8;;;;;;;;/h1,3-4,6H;6*1H3;;. The van der Waals surface area contributed by atoms with Crippen molar-refractivity contribution in [3.05, 3.63) is 23.6 Å². The maximum absolute atomic E-state index is 2.50. The molecular weight excluding hydrogens is 470 g/mol. The molecule has 0 unspecified atom stereocenters. The van der Waals surface area contributed by atoms with Gasteiger partial charge in [0.1, 0.15) is 0 Å². The van der Waals surface area contributed by atoms with E-state index in [0.29, 0.717) is 0 Å². The molecule has 0 nitrogen and oxygen atoms in total. The molecule has 18 heavy (non-hydrogen) atoms. The van der Waals surface area contributed by atoms with Gasteiger partial charge in [-0.05, 0) is 0 Å². The van der Waals surface area contributed by atoms with E-state index >= 15 is 0 Å². The van der Waals surface area contributed by atoms with Crippen LogP contribution >= 0.6 is 22.7 Å². The van der Waals surface area contributed by atoms with Gasteiger partial charge in [-0.2, -0.15) is 0 Å².